The average molecular weight is 286 g/mol. The van der Waals surface area contributed by atoms with Crippen molar-refractivity contribution in [2.24, 2.45) is 5.73 Å². The summed E-state index contributed by atoms with van der Waals surface area (Å²) in [4.78, 5) is 10.9. The van der Waals surface area contributed by atoms with Gasteiger partial charge in [-0.25, -0.2) is 4.98 Å². The van der Waals surface area contributed by atoms with Crippen LogP contribution < -0.4 is 15.4 Å². The fourth-order valence-electron chi connectivity index (χ4n) is 1.96. The molecule has 0 unspecified atom stereocenters. The summed E-state index contributed by atoms with van der Waals surface area (Å²) in [7, 11) is 1.94. The molecular formula is C16H22N4O. The summed E-state index contributed by atoms with van der Waals surface area (Å²) in [5.41, 5.74) is 8.66. The number of aromatic nitrogens is 2. The average Bonchev–Trinajstić information content (AvgIpc) is 2.51. The molecule has 0 saturated heterocycles. The van der Waals surface area contributed by atoms with Gasteiger partial charge in [0.05, 0.1) is 6.61 Å². The van der Waals surface area contributed by atoms with Gasteiger partial charge >= 0.3 is 0 Å². The zero-order chi connectivity index (χ0) is 15.2. The Morgan fingerprint density at radius 3 is 2.76 bits per heavy atom. The Balaban J connectivity index is 2.28. The molecule has 5 heteroatoms. The zero-order valence-electron chi connectivity index (χ0n) is 12.8. The van der Waals surface area contributed by atoms with E-state index in [9.17, 15) is 0 Å². The van der Waals surface area contributed by atoms with Gasteiger partial charge in [0.2, 0.25) is 11.8 Å². The van der Waals surface area contributed by atoms with Crippen molar-refractivity contribution in [3.8, 4) is 5.88 Å². The Kier molecular flexibility index (Phi) is 5.11. The van der Waals surface area contributed by atoms with E-state index in [-0.39, 0.29) is 0 Å². The highest BCUT2D eigenvalue weighted by molar-refractivity contribution is 5.57. The Hall–Kier alpha value is -2.14. The first kappa shape index (κ1) is 15.3. The summed E-state index contributed by atoms with van der Waals surface area (Å²) >= 11 is 0. The molecule has 0 radical (unpaired) electrons. The molecule has 0 bridgehead atoms. The first-order chi connectivity index (χ1) is 10.1. The van der Waals surface area contributed by atoms with E-state index in [0.29, 0.717) is 25.0 Å². The molecule has 0 atom stereocenters. The minimum Gasteiger partial charge on any atom is -0.478 e. The first-order valence-electron chi connectivity index (χ1n) is 7.15. The van der Waals surface area contributed by atoms with E-state index in [1.165, 1.54) is 0 Å². The van der Waals surface area contributed by atoms with E-state index in [1.807, 2.05) is 49.2 Å². The Labute approximate surface area is 125 Å². The van der Waals surface area contributed by atoms with E-state index in [1.54, 1.807) is 0 Å². The fourth-order valence-corrected chi connectivity index (χ4v) is 1.96. The second-order valence-electron chi connectivity index (χ2n) is 4.93. The highest BCUT2D eigenvalue weighted by Crippen LogP contribution is 2.23. The SMILES string of the molecule is CCCOc1cc(C)nc(N(C)c2cccc(CN)c2)n1. The number of hydrogen-bond donors (Lipinski definition) is 1. The van der Waals surface area contributed by atoms with Crippen molar-refractivity contribution in [2.75, 3.05) is 18.6 Å². The van der Waals surface area contributed by atoms with Crippen molar-refractivity contribution in [1.82, 2.24) is 9.97 Å². The molecule has 2 N–H and O–H groups in total. The maximum Gasteiger partial charge on any atom is 0.233 e. The van der Waals surface area contributed by atoms with Gasteiger partial charge in [0.25, 0.3) is 0 Å². The number of anilines is 2. The molecule has 0 saturated carbocycles. The number of hydrogen-bond acceptors (Lipinski definition) is 5. The van der Waals surface area contributed by atoms with E-state index < -0.39 is 0 Å². The van der Waals surface area contributed by atoms with Crippen molar-refractivity contribution >= 4 is 11.6 Å². The van der Waals surface area contributed by atoms with Gasteiger partial charge in [-0.05, 0) is 31.0 Å². The van der Waals surface area contributed by atoms with Crippen LogP contribution in [0.2, 0.25) is 0 Å². The maximum absolute atomic E-state index is 5.69. The van der Waals surface area contributed by atoms with Crippen LogP contribution in [0.3, 0.4) is 0 Å². The maximum atomic E-state index is 5.69. The number of benzene rings is 1. The highest BCUT2D eigenvalue weighted by atomic mass is 16.5. The standard InChI is InChI=1S/C16H22N4O/c1-4-8-21-15-9-12(2)18-16(19-15)20(3)14-7-5-6-13(10-14)11-17/h5-7,9-10H,4,8,11,17H2,1-3H3. The molecule has 0 fully saturated rings. The van der Waals surface area contributed by atoms with Crippen LogP contribution in [0, 0.1) is 6.92 Å². The van der Waals surface area contributed by atoms with Gasteiger partial charge in [0, 0.05) is 31.0 Å². The molecule has 2 rings (SSSR count). The summed E-state index contributed by atoms with van der Waals surface area (Å²) in [5, 5.41) is 0. The van der Waals surface area contributed by atoms with Gasteiger partial charge in [-0.15, -0.1) is 0 Å². The van der Waals surface area contributed by atoms with Crippen LogP contribution in [0.15, 0.2) is 30.3 Å². The van der Waals surface area contributed by atoms with Crippen LogP contribution in [0.25, 0.3) is 0 Å². The molecule has 1 aromatic heterocycles. The van der Waals surface area contributed by atoms with Crippen LogP contribution in [0.1, 0.15) is 24.6 Å². The van der Waals surface area contributed by atoms with Crippen molar-refractivity contribution in [2.45, 2.75) is 26.8 Å². The molecule has 1 aromatic carbocycles. The monoisotopic (exact) mass is 286 g/mol. The highest BCUT2D eigenvalue weighted by Gasteiger charge is 2.10. The second kappa shape index (κ2) is 7.04. The van der Waals surface area contributed by atoms with E-state index in [2.05, 4.69) is 16.9 Å². The van der Waals surface area contributed by atoms with E-state index in [4.69, 9.17) is 10.5 Å². The smallest absolute Gasteiger partial charge is 0.233 e. The lowest BCUT2D eigenvalue weighted by Crippen LogP contribution is -2.15. The van der Waals surface area contributed by atoms with Gasteiger partial charge in [-0.2, -0.15) is 4.98 Å². The topological polar surface area (TPSA) is 64.3 Å². The molecule has 112 valence electrons. The molecule has 2 aromatic rings. The third-order valence-corrected chi connectivity index (χ3v) is 3.11. The molecule has 0 aliphatic carbocycles. The second-order valence-corrected chi connectivity index (χ2v) is 4.93. The Morgan fingerprint density at radius 2 is 2.05 bits per heavy atom. The number of rotatable bonds is 6. The molecule has 0 aliphatic rings. The molecule has 0 spiro atoms. The van der Waals surface area contributed by atoms with Crippen LogP contribution in [-0.2, 0) is 6.54 Å². The zero-order valence-corrected chi connectivity index (χ0v) is 12.8. The Morgan fingerprint density at radius 1 is 1.24 bits per heavy atom. The number of nitrogens with two attached hydrogens (primary N) is 1. The summed E-state index contributed by atoms with van der Waals surface area (Å²) < 4.78 is 5.61. The van der Waals surface area contributed by atoms with Crippen molar-refractivity contribution < 1.29 is 4.74 Å². The predicted molar refractivity (Wildman–Crippen MR) is 85.0 cm³/mol. The minimum absolute atomic E-state index is 0.515. The molecule has 0 aliphatic heterocycles. The van der Waals surface area contributed by atoms with Crippen LogP contribution in [0.4, 0.5) is 11.6 Å². The lowest BCUT2D eigenvalue weighted by molar-refractivity contribution is 0.304. The molecule has 0 amide bonds. The summed E-state index contributed by atoms with van der Waals surface area (Å²) in [6.07, 6.45) is 0.951. The fraction of sp³-hybridized carbons (Fsp3) is 0.375. The molecule has 5 nitrogen and oxygen atoms in total. The minimum atomic E-state index is 0.515. The summed E-state index contributed by atoms with van der Waals surface area (Å²) in [5.74, 6) is 1.23. The normalized spacial score (nSPS) is 10.5. The van der Waals surface area contributed by atoms with Crippen molar-refractivity contribution in [3.05, 3.63) is 41.6 Å². The largest absolute Gasteiger partial charge is 0.478 e. The molecule has 21 heavy (non-hydrogen) atoms. The van der Waals surface area contributed by atoms with Crippen LogP contribution >= 0.6 is 0 Å². The van der Waals surface area contributed by atoms with Gasteiger partial charge < -0.3 is 15.4 Å². The third-order valence-electron chi connectivity index (χ3n) is 3.11. The molecule has 1 heterocycles. The quantitative estimate of drug-likeness (QED) is 0.884. The van der Waals surface area contributed by atoms with E-state index >= 15 is 0 Å². The number of nitrogens with zero attached hydrogens (tertiary/aromatic N) is 3. The Bertz CT molecular complexity index is 601. The summed E-state index contributed by atoms with van der Waals surface area (Å²) in [6, 6.07) is 9.89. The predicted octanol–water partition coefficient (Wildman–Crippen LogP) is 2.80. The molecular weight excluding hydrogens is 264 g/mol. The van der Waals surface area contributed by atoms with Gasteiger partial charge in [0.1, 0.15) is 0 Å². The van der Waals surface area contributed by atoms with Gasteiger partial charge in [-0.1, -0.05) is 19.1 Å². The van der Waals surface area contributed by atoms with Crippen molar-refractivity contribution in [3.63, 3.8) is 0 Å². The van der Waals surface area contributed by atoms with E-state index in [0.717, 1.165) is 23.4 Å². The number of aryl methyl sites for hydroxylation is 1. The van der Waals surface area contributed by atoms with Crippen molar-refractivity contribution in [1.29, 1.82) is 0 Å². The lowest BCUT2D eigenvalue weighted by Gasteiger charge is -2.19. The van der Waals surface area contributed by atoms with Crippen LogP contribution in [0.5, 0.6) is 5.88 Å². The first-order valence-corrected chi connectivity index (χ1v) is 7.15. The van der Waals surface area contributed by atoms with Gasteiger partial charge in [-0.3, -0.25) is 0 Å². The third kappa shape index (κ3) is 3.92. The summed E-state index contributed by atoms with van der Waals surface area (Å²) in [6.45, 7) is 5.18. The number of ether oxygens (including phenoxy) is 1. The lowest BCUT2D eigenvalue weighted by atomic mass is 10.2. The van der Waals surface area contributed by atoms with Gasteiger partial charge in [0.15, 0.2) is 0 Å². The van der Waals surface area contributed by atoms with Crippen LogP contribution in [-0.4, -0.2) is 23.6 Å².